The average Bonchev–Trinajstić information content (AvgIpc) is 2.75. The highest BCUT2D eigenvalue weighted by Gasteiger charge is 2.27. The summed E-state index contributed by atoms with van der Waals surface area (Å²) in [6.07, 6.45) is 2.33. The van der Waals surface area contributed by atoms with E-state index >= 15 is 0 Å². The van der Waals surface area contributed by atoms with Crippen LogP contribution in [0, 0.1) is 6.92 Å². The molecule has 1 unspecified atom stereocenters. The molecule has 0 spiro atoms. The Bertz CT molecular complexity index is 414. The molecule has 0 amide bonds. The zero-order valence-corrected chi connectivity index (χ0v) is 10.4. The van der Waals surface area contributed by atoms with Crippen LogP contribution in [-0.4, -0.2) is 38.3 Å². The zero-order chi connectivity index (χ0) is 12.4. The molecule has 5 heteroatoms. The molecule has 5 nitrogen and oxygen atoms in total. The van der Waals surface area contributed by atoms with E-state index in [1.54, 1.807) is 0 Å². The Morgan fingerprint density at radius 1 is 1.65 bits per heavy atom. The van der Waals surface area contributed by atoms with Crippen LogP contribution in [0.2, 0.25) is 0 Å². The van der Waals surface area contributed by atoms with Gasteiger partial charge in [0.15, 0.2) is 0 Å². The van der Waals surface area contributed by atoms with Crippen molar-refractivity contribution >= 4 is 5.97 Å². The Labute approximate surface area is 101 Å². The minimum absolute atomic E-state index is 0.183. The van der Waals surface area contributed by atoms with E-state index < -0.39 is 5.97 Å². The highest BCUT2D eigenvalue weighted by atomic mass is 16.4. The van der Waals surface area contributed by atoms with E-state index in [0.717, 1.165) is 37.3 Å². The molecule has 2 heterocycles. The van der Waals surface area contributed by atoms with E-state index in [1.165, 1.54) is 0 Å². The third kappa shape index (κ3) is 2.85. The van der Waals surface area contributed by atoms with Crippen LogP contribution >= 0.6 is 0 Å². The lowest BCUT2D eigenvalue weighted by atomic mass is 10.1. The van der Waals surface area contributed by atoms with E-state index in [2.05, 4.69) is 16.1 Å². The van der Waals surface area contributed by atoms with Crippen molar-refractivity contribution < 1.29 is 9.90 Å². The summed E-state index contributed by atoms with van der Waals surface area (Å²) in [5, 5.41) is 13.2. The lowest BCUT2D eigenvalue weighted by molar-refractivity contribution is -0.138. The summed E-state index contributed by atoms with van der Waals surface area (Å²) in [7, 11) is 1.94. The largest absolute Gasteiger partial charge is 0.481 e. The molecule has 2 rings (SSSR count). The molecule has 1 aliphatic heterocycles. The monoisotopic (exact) mass is 237 g/mol. The van der Waals surface area contributed by atoms with Gasteiger partial charge >= 0.3 is 5.97 Å². The van der Waals surface area contributed by atoms with Crippen LogP contribution in [0.3, 0.4) is 0 Å². The summed E-state index contributed by atoms with van der Waals surface area (Å²) in [5.74, 6) is -0.705. The van der Waals surface area contributed by atoms with Gasteiger partial charge in [0.2, 0.25) is 0 Å². The van der Waals surface area contributed by atoms with Gasteiger partial charge in [-0.2, -0.15) is 5.10 Å². The summed E-state index contributed by atoms with van der Waals surface area (Å²) < 4.78 is 1.88. The number of aromatic nitrogens is 2. The fraction of sp³-hybridized carbons (Fsp3) is 0.667. The number of carboxylic acids is 1. The number of aliphatic carboxylic acids is 1. The summed E-state index contributed by atoms with van der Waals surface area (Å²) in [4.78, 5) is 13.0. The van der Waals surface area contributed by atoms with Crippen molar-refractivity contribution in [3.05, 3.63) is 17.5 Å². The normalized spacial score (nSPS) is 20.9. The summed E-state index contributed by atoms with van der Waals surface area (Å²) in [6, 6.07) is 2.25. The van der Waals surface area contributed by atoms with Crippen LogP contribution in [0.5, 0.6) is 0 Å². The number of carboxylic acid groups (broad SMARTS) is 1. The Kier molecular flexibility index (Phi) is 3.47. The molecule has 1 aliphatic rings. The molecule has 1 saturated heterocycles. The number of hydrogen-bond donors (Lipinski definition) is 1. The van der Waals surface area contributed by atoms with Gasteiger partial charge in [0.05, 0.1) is 17.8 Å². The number of rotatable bonds is 4. The van der Waals surface area contributed by atoms with E-state index in [1.807, 2.05) is 18.7 Å². The smallest absolute Gasteiger partial charge is 0.304 e. The Hall–Kier alpha value is -1.36. The Morgan fingerprint density at radius 2 is 2.41 bits per heavy atom. The highest BCUT2D eigenvalue weighted by Crippen LogP contribution is 2.22. The molecule has 1 atom stereocenters. The van der Waals surface area contributed by atoms with Gasteiger partial charge < -0.3 is 5.11 Å². The van der Waals surface area contributed by atoms with Crippen LogP contribution in [0.15, 0.2) is 6.07 Å². The molecule has 1 fully saturated rings. The standard InChI is InChI=1S/C12H19N3O2/c1-9-6-11(14(2)13-9)8-15-5-3-4-10(15)7-12(16)17/h6,10H,3-5,7-8H2,1-2H3,(H,16,17). The molecule has 0 bridgehead atoms. The average molecular weight is 237 g/mol. The van der Waals surface area contributed by atoms with E-state index in [4.69, 9.17) is 5.11 Å². The molecule has 0 aromatic carbocycles. The molecular formula is C12H19N3O2. The van der Waals surface area contributed by atoms with Crippen LogP contribution in [0.1, 0.15) is 30.7 Å². The maximum Gasteiger partial charge on any atom is 0.304 e. The summed E-state index contributed by atoms with van der Waals surface area (Å²) in [6.45, 7) is 3.76. The van der Waals surface area contributed by atoms with Gasteiger partial charge in [-0.1, -0.05) is 0 Å². The van der Waals surface area contributed by atoms with Gasteiger partial charge in [-0.05, 0) is 32.4 Å². The van der Waals surface area contributed by atoms with Crippen molar-refractivity contribution in [2.45, 2.75) is 38.8 Å². The first-order chi connectivity index (χ1) is 8.06. The molecule has 17 heavy (non-hydrogen) atoms. The van der Waals surface area contributed by atoms with Crippen molar-refractivity contribution in [3.8, 4) is 0 Å². The van der Waals surface area contributed by atoms with Gasteiger partial charge in [-0.3, -0.25) is 14.4 Å². The SMILES string of the molecule is Cc1cc(CN2CCCC2CC(=O)O)n(C)n1. The van der Waals surface area contributed by atoms with Gasteiger partial charge in [-0.25, -0.2) is 0 Å². The third-order valence-corrected chi connectivity index (χ3v) is 3.37. The third-order valence-electron chi connectivity index (χ3n) is 3.37. The van der Waals surface area contributed by atoms with Crippen LogP contribution in [-0.2, 0) is 18.4 Å². The molecule has 94 valence electrons. The van der Waals surface area contributed by atoms with E-state index in [0.29, 0.717) is 0 Å². The first kappa shape index (κ1) is 12.1. The molecule has 0 aliphatic carbocycles. The first-order valence-electron chi connectivity index (χ1n) is 6.01. The summed E-state index contributed by atoms with van der Waals surface area (Å²) >= 11 is 0. The molecule has 0 saturated carbocycles. The maximum absolute atomic E-state index is 10.8. The van der Waals surface area contributed by atoms with Crippen molar-refractivity contribution in [2.24, 2.45) is 7.05 Å². The minimum Gasteiger partial charge on any atom is -0.481 e. The lowest BCUT2D eigenvalue weighted by Crippen LogP contribution is -2.31. The Morgan fingerprint density at radius 3 is 3.00 bits per heavy atom. The predicted molar refractivity (Wildman–Crippen MR) is 63.6 cm³/mol. The molecular weight excluding hydrogens is 218 g/mol. The second-order valence-electron chi connectivity index (χ2n) is 4.77. The Balaban J connectivity index is 2.02. The van der Waals surface area contributed by atoms with Crippen LogP contribution < -0.4 is 0 Å². The highest BCUT2D eigenvalue weighted by molar-refractivity contribution is 5.67. The zero-order valence-electron chi connectivity index (χ0n) is 10.4. The van der Waals surface area contributed by atoms with Gasteiger partial charge in [0, 0.05) is 19.6 Å². The van der Waals surface area contributed by atoms with Crippen molar-refractivity contribution in [1.29, 1.82) is 0 Å². The predicted octanol–water partition coefficient (Wildman–Crippen LogP) is 1.17. The van der Waals surface area contributed by atoms with Gasteiger partial charge in [0.25, 0.3) is 0 Å². The van der Waals surface area contributed by atoms with Crippen molar-refractivity contribution in [2.75, 3.05) is 6.54 Å². The molecule has 1 N–H and O–H groups in total. The van der Waals surface area contributed by atoms with Gasteiger partial charge in [-0.15, -0.1) is 0 Å². The molecule has 1 aromatic rings. The van der Waals surface area contributed by atoms with Gasteiger partial charge in [0.1, 0.15) is 0 Å². The number of hydrogen-bond acceptors (Lipinski definition) is 3. The number of carbonyl (C=O) groups is 1. The molecule has 0 radical (unpaired) electrons. The molecule has 1 aromatic heterocycles. The number of aryl methyl sites for hydroxylation is 2. The van der Waals surface area contributed by atoms with Crippen molar-refractivity contribution in [3.63, 3.8) is 0 Å². The summed E-state index contributed by atoms with van der Waals surface area (Å²) in [5.41, 5.74) is 2.16. The van der Waals surface area contributed by atoms with Crippen molar-refractivity contribution in [1.82, 2.24) is 14.7 Å². The number of nitrogens with zero attached hydrogens (tertiary/aromatic N) is 3. The number of likely N-dealkylation sites (tertiary alicyclic amines) is 1. The topological polar surface area (TPSA) is 58.4 Å². The van der Waals surface area contributed by atoms with E-state index in [9.17, 15) is 4.79 Å². The minimum atomic E-state index is -0.705. The second kappa shape index (κ2) is 4.87. The van der Waals surface area contributed by atoms with E-state index in [-0.39, 0.29) is 12.5 Å². The van der Waals surface area contributed by atoms with Crippen LogP contribution in [0.25, 0.3) is 0 Å². The second-order valence-corrected chi connectivity index (χ2v) is 4.77. The maximum atomic E-state index is 10.8. The fourth-order valence-electron chi connectivity index (χ4n) is 2.56. The fourth-order valence-corrected chi connectivity index (χ4v) is 2.56. The first-order valence-corrected chi connectivity index (χ1v) is 6.01. The quantitative estimate of drug-likeness (QED) is 0.854. The lowest BCUT2D eigenvalue weighted by Gasteiger charge is -2.22. The van der Waals surface area contributed by atoms with Crippen LogP contribution in [0.4, 0.5) is 0 Å².